The van der Waals surface area contributed by atoms with Gasteiger partial charge < -0.3 is 50.2 Å². The number of fused-ring (bicyclic) bond motifs is 5. The monoisotopic (exact) mass is 1020 g/mol. The third-order valence-electron chi connectivity index (χ3n) is 12.2. The van der Waals surface area contributed by atoms with E-state index in [2.05, 4.69) is 71.6 Å². The number of methoxy groups -OCH3 is 1. The van der Waals surface area contributed by atoms with Gasteiger partial charge in [-0.1, -0.05) is 76.8 Å². The smallest absolute Gasteiger partial charge is 0.407 e. The van der Waals surface area contributed by atoms with Gasteiger partial charge in [-0.2, -0.15) is 0 Å². The minimum absolute atomic E-state index is 0.0292. The molecule has 4 aromatic rings. The maximum atomic E-state index is 15.1. The Morgan fingerprint density at radius 3 is 2.15 bits per heavy atom. The van der Waals surface area contributed by atoms with Crippen LogP contribution in [0.15, 0.2) is 60.7 Å². The van der Waals surface area contributed by atoms with Gasteiger partial charge in [-0.3, -0.25) is 19.2 Å². The van der Waals surface area contributed by atoms with Crippen LogP contribution in [0.25, 0.3) is 22.5 Å². The molecule has 73 heavy (non-hydrogen) atoms. The zero-order valence-electron chi connectivity index (χ0n) is 44.7. The number of phenols is 1. The van der Waals surface area contributed by atoms with E-state index in [9.17, 15) is 29.1 Å². The fraction of sp³-hybridized carbons (Fsp3) is 0.481. The average Bonchev–Trinajstić information content (AvgIpc) is 3.29. The number of amides is 5. The van der Waals surface area contributed by atoms with Crippen molar-refractivity contribution in [1.82, 2.24) is 36.1 Å². The zero-order chi connectivity index (χ0) is 54.2. The van der Waals surface area contributed by atoms with E-state index in [1.165, 1.54) is 27.1 Å². The minimum atomic E-state index is -1.50. The summed E-state index contributed by atoms with van der Waals surface area (Å²) in [6, 6.07) is 12.9. The van der Waals surface area contributed by atoms with Crippen LogP contribution in [0.5, 0.6) is 11.5 Å². The third kappa shape index (κ3) is 15.6. The topological polar surface area (TPSA) is 237 Å². The summed E-state index contributed by atoms with van der Waals surface area (Å²) in [7, 11) is 1.14. The van der Waals surface area contributed by atoms with Crippen molar-refractivity contribution >= 4 is 43.8 Å². The molecule has 5 N–H and O–H groups in total. The quantitative estimate of drug-likeness (QED) is 0.0348. The lowest BCUT2D eigenvalue weighted by atomic mass is 9.86. The molecule has 394 valence electrons. The molecule has 2 heterocycles. The Kier molecular flexibility index (Phi) is 18.6. The number of phenolic OH excluding ortho intramolecular Hbond substituents is 1. The van der Waals surface area contributed by atoms with Crippen molar-refractivity contribution in [2.75, 3.05) is 34.1 Å². The Morgan fingerprint density at radius 2 is 1.55 bits per heavy atom. The molecular formula is C54H73N7O11Si. The van der Waals surface area contributed by atoms with Crippen LogP contribution >= 0.6 is 0 Å². The molecular weight excluding hydrogens is 951 g/mol. The predicted molar refractivity (Wildman–Crippen MR) is 280 cm³/mol. The maximum absolute atomic E-state index is 15.1. The van der Waals surface area contributed by atoms with Gasteiger partial charge in [-0.15, -0.1) is 0 Å². The number of nitrogens with zero attached hydrogens (tertiary/aromatic N) is 3. The molecule has 5 rings (SSSR count). The first-order valence-electron chi connectivity index (χ1n) is 24.4. The largest absolute Gasteiger partial charge is 0.507 e. The lowest BCUT2D eigenvalue weighted by Gasteiger charge is -2.33. The van der Waals surface area contributed by atoms with Gasteiger partial charge in [0.15, 0.2) is 12.6 Å². The number of likely N-dealkylation sites (N-methyl/N-ethyl adjacent to an activating group) is 1. The summed E-state index contributed by atoms with van der Waals surface area (Å²) in [5.74, 6) is -3.18. The van der Waals surface area contributed by atoms with E-state index >= 15 is 4.79 Å². The molecule has 0 unspecified atom stereocenters. The molecule has 0 fully saturated rings. The lowest BCUT2D eigenvalue weighted by Crippen LogP contribution is -2.55. The standard InChI is InChI=1S/C54H73N7O11Si/c1-31-44(32(2)57-46(56-31)35-16-19-37(20-17-35)53(4,5)6)48(64)59-40(23-24-55-52(68)72-54(7,8)9)50(66)61(10)45-36-18-22-43(71-30-70-25-26-73(12,13)14)39(29-36)38-27-34(15-21-42(38)62)28-41(51(67)69-11)60-47(63)33(3)58-49(45)65/h15-22,27,29,33,40-41,45,62H,23-26,28,30H2,1-14H3,(H,55,68)(H,58,65)(H,59,64)(H,60,63)/t33-,40-,41-,45-/m0/s1. The van der Waals surface area contributed by atoms with Gasteiger partial charge in [0.25, 0.3) is 5.91 Å². The highest BCUT2D eigenvalue weighted by Crippen LogP contribution is 2.40. The van der Waals surface area contributed by atoms with Crippen LogP contribution in [0.4, 0.5) is 4.79 Å². The molecule has 0 saturated carbocycles. The number of hydrogen-bond acceptors (Lipinski definition) is 13. The molecule has 3 aromatic carbocycles. The van der Waals surface area contributed by atoms with E-state index in [1.54, 1.807) is 65.0 Å². The summed E-state index contributed by atoms with van der Waals surface area (Å²) in [5, 5.41) is 22.3. The molecule has 18 nitrogen and oxygen atoms in total. The first kappa shape index (κ1) is 57.0. The van der Waals surface area contributed by atoms with Crippen LogP contribution in [-0.4, -0.2) is 122 Å². The Balaban J connectivity index is 1.59. The fourth-order valence-electron chi connectivity index (χ4n) is 8.09. The number of benzene rings is 3. The van der Waals surface area contributed by atoms with Gasteiger partial charge in [0, 0.05) is 51.4 Å². The molecule has 4 atom stereocenters. The highest BCUT2D eigenvalue weighted by molar-refractivity contribution is 6.76. The van der Waals surface area contributed by atoms with E-state index in [-0.39, 0.29) is 59.8 Å². The summed E-state index contributed by atoms with van der Waals surface area (Å²) in [5.41, 5.74) is 3.17. The average molecular weight is 1020 g/mol. The van der Waals surface area contributed by atoms with Gasteiger partial charge in [0.2, 0.25) is 17.7 Å². The maximum Gasteiger partial charge on any atom is 0.407 e. The fourth-order valence-corrected chi connectivity index (χ4v) is 8.84. The SMILES string of the molecule is COC(=O)[C@@H]1Cc2ccc(O)c(c2)-c2cc(ccc2OCOCC[Si](C)(C)C)[C@H](N(C)C(=O)[C@H](CCNC(=O)OC(C)(C)C)NC(=O)c2c(C)nc(-c3ccc(C(C)(C)C)cc3)nc2C)C(=O)N[C@@H](C)C(=O)N1. The van der Waals surface area contributed by atoms with Gasteiger partial charge in [-0.05, 0) is 100 Å². The van der Waals surface area contributed by atoms with Crippen LogP contribution in [0, 0.1) is 13.8 Å². The molecule has 5 amide bonds. The van der Waals surface area contributed by atoms with Crippen LogP contribution in [0.1, 0.15) is 99.4 Å². The number of carbonyl (C=O) groups is 6. The van der Waals surface area contributed by atoms with E-state index < -0.39 is 73.5 Å². The normalized spacial score (nSPS) is 16.7. The molecule has 1 aliphatic heterocycles. The van der Waals surface area contributed by atoms with Crippen LogP contribution in [-0.2, 0) is 45.2 Å². The van der Waals surface area contributed by atoms with Crippen molar-refractivity contribution in [2.24, 2.45) is 0 Å². The lowest BCUT2D eigenvalue weighted by molar-refractivity contribution is -0.145. The second-order valence-corrected chi connectivity index (χ2v) is 27.2. The number of rotatable bonds is 15. The van der Waals surface area contributed by atoms with Crippen molar-refractivity contribution in [3.8, 4) is 34.0 Å². The first-order chi connectivity index (χ1) is 34.1. The summed E-state index contributed by atoms with van der Waals surface area (Å²) < 4.78 is 22.5. The Hall–Kier alpha value is -6.86. The van der Waals surface area contributed by atoms with Crippen LogP contribution < -0.4 is 26.0 Å². The number of aryl methyl sites for hydroxylation is 2. The number of carbonyl (C=O) groups excluding carboxylic acids is 6. The molecule has 19 heteroatoms. The molecule has 4 bridgehead atoms. The van der Waals surface area contributed by atoms with Crippen molar-refractivity contribution in [2.45, 2.75) is 136 Å². The van der Waals surface area contributed by atoms with Gasteiger partial charge in [0.1, 0.15) is 41.3 Å². The van der Waals surface area contributed by atoms with Crippen LogP contribution in [0.3, 0.4) is 0 Å². The zero-order valence-corrected chi connectivity index (χ0v) is 45.7. The summed E-state index contributed by atoms with van der Waals surface area (Å²) in [6.07, 6.45) is -0.942. The van der Waals surface area contributed by atoms with Crippen molar-refractivity contribution in [1.29, 1.82) is 0 Å². The Labute approximate surface area is 429 Å². The van der Waals surface area contributed by atoms with Crippen molar-refractivity contribution < 1.29 is 52.8 Å². The number of aromatic hydroxyl groups is 1. The second-order valence-electron chi connectivity index (χ2n) is 21.6. The van der Waals surface area contributed by atoms with Gasteiger partial charge in [-0.25, -0.2) is 19.6 Å². The third-order valence-corrected chi connectivity index (χ3v) is 13.9. The van der Waals surface area contributed by atoms with Crippen molar-refractivity contribution in [3.05, 3.63) is 94.3 Å². The number of alkyl carbamates (subject to hydrolysis) is 1. The second kappa shape index (κ2) is 23.8. The molecule has 0 radical (unpaired) electrons. The van der Waals surface area contributed by atoms with E-state index in [4.69, 9.17) is 18.9 Å². The van der Waals surface area contributed by atoms with E-state index in [0.717, 1.165) is 22.1 Å². The van der Waals surface area contributed by atoms with Gasteiger partial charge >= 0.3 is 12.1 Å². The number of ether oxygens (including phenoxy) is 4. The summed E-state index contributed by atoms with van der Waals surface area (Å²) >= 11 is 0. The number of esters is 1. The first-order valence-corrected chi connectivity index (χ1v) is 28.1. The molecule has 1 aromatic heterocycles. The van der Waals surface area contributed by atoms with E-state index in [0.29, 0.717) is 34.9 Å². The summed E-state index contributed by atoms with van der Waals surface area (Å²) in [4.78, 5) is 94.5. The molecule has 0 saturated heterocycles. The van der Waals surface area contributed by atoms with Gasteiger partial charge in [0.05, 0.1) is 24.1 Å². The van der Waals surface area contributed by atoms with E-state index in [1.807, 2.05) is 24.3 Å². The summed E-state index contributed by atoms with van der Waals surface area (Å²) in [6.45, 7) is 23.1. The Morgan fingerprint density at radius 1 is 0.890 bits per heavy atom. The number of nitrogens with one attached hydrogen (secondary N) is 4. The molecule has 1 aliphatic rings. The molecule has 0 aliphatic carbocycles. The predicted octanol–water partition coefficient (Wildman–Crippen LogP) is 7.05. The Bertz CT molecular complexity index is 2650. The highest BCUT2D eigenvalue weighted by atomic mass is 28.3. The van der Waals surface area contributed by atoms with Crippen molar-refractivity contribution in [3.63, 3.8) is 0 Å². The number of aromatic nitrogens is 2. The minimum Gasteiger partial charge on any atom is -0.507 e. The highest BCUT2D eigenvalue weighted by Gasteiger charge is 2.37. The number of hydrogen-bond donors (Lipinski definition) is 5. The van der Waals surface area contributed by atoms with Crippen LogP contribution in [0.2, 0.25) is 25.7 Å². The molecule has 0 spiro atoms.